The van der Waals surface area contributed by atoms with Crippen molar-refractivity contribution < 1.29 is 4.79 Å². The van der Waals surface area contributed by atoms with Crippen molar-refractivity contribution in [3.63, 3.8) is 0 Å². The van der Waals surface area contributed by atoms with Gasteiger partial charge in [0.1, 0.15) is 0 Å². The van der Waals surface area contributed by atoms with E-state index in [2.05, 4.69) is 15.3 Å². The molecule has 0 aliphatic heterocycles. The van der Waals surface area contributed by atoms with Crippen molar-refractivity contribution in [3.8, 4) is 0 Å². The molecule has 0 fully saturated rings. The average Bonchev–Trinajstić information content (AvgIpc) is 2.83. The van der Waals surface area contributed by atoms with Crippen LogP contribution in [-0.2, 0) is 0 Å². The molecular formula is C14H11N3OS. The number of rotatable bonds is 2. The van der Waals surface area contributed by atoms with E-state index >= 15 is 0 Å². The summed E-state index contributed by atoms with van der Waals surface area (Å²) in [5.74, 6) is -0.159. The molecule has 2 heterocycles. The predicted octanol–water partition coefficient (Wildman–Crippen LogP) is 3.25. The summed E-state index contributed by atoms with van der Waals surface area (Å²) >= 11 is 1.42. The number of nitrogens with zero attached hydrogens (tertiary/aromatic N) is 2. The van der Waals surface area contributed by atoms with Gasteiger partial charge < -0.3 is 0 Å². The Labute approximate surface area is 114 Å². The van der Waals surface area contributed by atoms with E-state index in [1.54, 1.807) is 12.3 Å². The Morgan fingerprint density at radius 1 is 1.26 bits per heavy atom. The molecule has 0 saturated carbocycles. The molecule has 19 heavy (non-hydrogen) atoms. The second kappa shape index (κ2) is 4.78. The molecule has 3 rings (SSSR count). The second-order valence-corrected chi connectivity index (χ2v) is 4.98. The van der Waals surface area contributed by atoms with Crippen LogP contribution in [0.1, 0.15) is 16.1 Å². The molecule has 1 N–H and O–H groups in total. The zero-order valence-corrected chi connectivity index (χ0v) is 11.1. The predicted molar refractivity (Wildman–Crippen MR) is 76.5 cm³/mol. The number of hydrogen-bond acceptors (Lipinski definition) is 4. The lowest BCUT2D eigenvalue weighted by Gasteiger charge is -2.05. The highest BCUT2D eigenvalue weighted by Crippen LogP contribution is 2.19. The molecule has 2 aromatic heterocycles. The molecule has 0 atom stereocenters. The lowest BCUT2D eigenvalue weighted by Crippen LogP contribution is -2.12. The summed E-state index contributed by atoms with van der Waals surface area (Å²) in [6.45, 7) is 1.90. The Morgan fingerprint density at radius 2 is 2.11 bits per heavy atom. The van der Waals surface area contributed by atoms with E-state index in [-0.39, 0.29) is 5.91 Å². The van der Waals surface area contributed by atoms with E-state index in [0.717, 1.165) is 16.6 Å². The van der Waals surface area contributed by atoms with Crippen LogP contribution in [0, 0.1) is 6.92 Å². The minimum Gasteiger partial charge on any atom is -0.298 e. The number of pyridine rings is 1. The molecule has 3 aromatic rings. The van der Waals surface area contributed by atoms with Gasteiger partial charge in [-0.2, -0.15) is 0 Å². The number of carbonyl (C=O) groups is 1. The van der Waals surface area contributed by atoms with Crippen molar-refractivity contribution in [1.82, 2.24) is 9.97 Å². The molecule has 0 bridgehead atoms. The molecule has 5 heteroatoms. The normalized spacial score (nSPS) is 10.6. The monoisotopic (exact) mass is 269 g/mol. The number of hydrogen-bond donors (Lipinski definition) is 1. The minimum absolute atomic E-state index is 0.159. The third kappa shape index (κ3) is 2.32. The van der Waals surface area contributed by atoms with Gasteiger partial charge in [0.05, 0.1) is 16.8 Å². The Kier molecular flexibility index (Phi) is 2.97. The molecule has 0 radical (unpaired) electrons. The summed E-state index contributed by atoms with van der Waals surface area (Å²) in [7, 11) is 0. The molecule has 0 aliphatic carbocycles. The zero-order valence-electron chi connectivity index (χ0n) is 10.3. The summed E-state index contributed by atoms with van der Waals surface area (Å²) < 4.78 is 0. The summed E-state index contributed by atoms with van der Waals surface area (Å²) in [5, 5.41) is 6.17. The molecule has 0 aliphatic rings. The largest absolute Gasteiger partial charge is 0.298 e. The molecule has 0 unspecified atom stereocenters. The number of benzene rings is 1. The number of aromatic nitrogens is 2. The highest BCUT2D eigenvalue weighted by molar-refractivity contribution is 7.13. The molecule has 1 aromatic carbocycles. The molecule has 0 spiro atoms. The van der Waals surface area contributed by atoms with Gasteiger partial charge >= 0.3 is 0 Å². The van der Waals surface area contributed by atoms with Gasteiger partial charge in [0.25, 0.3) is 5.91 Å². The van der Waals surface area contributed by atoms with Crippen LogP contribution in [0.2, 0.25) is 0 Å². The maximum Gasteiger partial charge on any atom is 0.258 e. The summed E-state index contributed by atoms with van der Waals surface area (Å²) in [4.78, 5) is 20.7. The number of anilines is 1. The SMILES string of the molecule is Cc1csc(NC(=O)c2ccnc3ccccc23)n1. The first-order valence-corrected chi connectivity index (χ1v) is 6.69. The van der Waals surface area contributed by atoms with Gasteiger partial charge in [0, 0.05) is 17.0 Å². The van der Waals surface area contributed by atoms with E-state index < -0.39 is 0 Å². The highest BCUT2D eigenvalue weighted by Gasteiger charge is 2.11. The average molecular weight is 269 g/mol. The zero-order chi connectivity index (χ0) is 13.2. The molecule has 1 amide bonds. The van der Waals surface area contributed by atoms with Crippen molar-refractivity contribution in [1.29, 1.82) is 0 Å². The van der Waals surface area contributed by atoms with Crippen LogP contribution < -0.4 is 5.32 Å². The van der Waals surface area contributed by atoms with Gasteiger partial charge in [-0.1, -0.05) is 18.2 Å². The Balaban J connectivity index is 1.97. The fourth-order valence-corrected chi connectivity index (χ4v) is 2.55. The van der Waals surface area contributed by atoms with Crippen LogP contribution in [0.15, 0.2) is 41.9 Å². The van der Waals surface area contributed by atoms with Crippen molar-refractivity contribution in [2.75, 3.05) is 5.32 Å². The van der Waals surface area contributed by atoms with Crippen molar-refractivity contribution in [2.24, 2.45) is 0 Å². The topological polar surface area (TPSA) is 54.9 Å². The minimum atomic E-state index is -0.159. The highest BCUT2D eigenvalue weighted by atomic mass is 32.1. The van der Waals surface area contributed by atoms with E-state index in [9.17, 15) is 4.79 Å². The van der Waals surface area contributed by atoms with Crippen molar-refractivity contribution >= 4 is 33.3 Å². The van der Waals surface area contributed by atoms with Crippen LogP contribution in [-0.4, -0.2) is 15.9 Å². The first kappa shape index (κ1) is 11.8. The number of nitrogens with one attached hydrogen (secondary N) is 1. The number of para-hydroxylation sites is 1. The number of aryl methyl sites for hydroxylation is 1. The third-order valence-corrected chi connectivity index (χ3v) is 3.61. The fourth-order valence-electron chi connectivity index (χ4n) is 1.87. The van der Waals surface area contributed by atoms with Gasteiger partial charge in [-0.3, -0.25) is 15.1 Å². The van der Waals surface area contributed by atoms with E-state index in [4.69, 9.17) is 0 Å². The van der Waals surface area contributed by atoms with E-state index in [1.165, 1.54) is 11.3 Å². The second-order valence-electron chi connectivity index (χ2n) is 4.12. The van der Waals surface area contributed by atoms with E-state index in [1.807, 2.05) is 36.6 Å². The Bertz CT molecular complexity index is 746. The van der Waals surface area contributed by atoms with Gasteiger partial charge in [0.15, 0.2) is 5.13 Å². The van der Waals surface area contributed by atoms with Crippen LogP contribution in [0.5, 0.6) is 0 Å². The molecular weight excluding hydrogens is 258 g/mol. The van der Waals surface area contributed by atoms with Crippen LogP contribution in [0.25, 0.3) is 10.9 Å². The third-order valence-electron chi connectivity index (χ3n) is 2.73. The van der Waals surface area contributed by atoms with Gasteiger partial charge in [0.2, 0.25) is 0 Å². The number of thiazole rings is 1. The lowest BCUT2D eigenvalue weighted by atomic mass is 10.1. The Morgan fingerprint density at radius 3 is 2.89 bits per heavy atom. The standard InChI is InChI=1S/C14H11N3OS/c1-9-8-19-14(16-9)17-13(18)11-6-7-15-12-5-3-2-4-10(11)12/h2-8H,1H3,(H,16,17,18). The summed E-state index contributed by atoms with van der Waals surface area (Å²) in [6, 6.07) is 9.30. The lowest BCUT2D eigenvalue weighted by molar-refractivity contribution is 0.102. The van der Waals surface area contributed by atoms with Gasteiger partial charge in [-0.25, -0.2) is 4.98 Å². The Hall–Kier alpha value is -2.27. The fraction of sp³-hybridized carbons (Fsp3) is 0.0714. The summed E-state index contributed by atoms with van der Waals surface area (Å²) in [5.41, 5.74) is 2.32. The van der Waals surface area contributed by atoms with Gasteiger partial charge in [-0.05, 0) is 19.1 Å². The van der Waals surface area contributed by atoms with Crippen LogP contribution in [0.4, 0.5) is 5.13 Å². The number of fused-ring (bicyclic) bond motifs is 1. The van der Waals surface area contributed by atoms with Crippen LogP contribution in [0.3, 0.4) is 0 Å². The summed E-state index contributed by atoms with van der Waals surface area (Å²) in [6.07, 6.45) is 1.64. The van der Waals surface area contributed by atoms with Gasteiger partial charge in [-0.15, -0.1) is 11.3 Å². The van der Waals surface area contributed by atoms with E-state index in [0.29, 0.717) is 10.7 Å². The molecule has 4 nitrogen and oxygen atoms in total. The molecule has 94 valence electrons. The smallest absolute Gasteiger partial charge is 0.258 e. The first-order valence-electron chi connectivity index (χ1n) is 5.81. The van der Waals surface area contributed by atoms with Crippen molar-refractivity contribution in [2.45, 2.75) is 6.92 Å². The first-order chi connectivity index (χ1) is 9.24. The molecule has 0 saturated heterocycles. The number of amides is 1. The van der Waals surface area contributed by atoms with Crippen LogP contribution >= 0.6 is 11.3 Å². The quantitative estimate of drug-likeness (QED) is 0.777. The maximum atomic E-state index is 12.3. The number of carbonyl (C=O) groups excluding carboxylic acids is 1. The maximum absolute atomic E-state index is 12.3. The van der Waals surface area contributed by atoms with Crippen molar-refractivity contribution in [3.05, 3.63) is 53.2 Å².